The molecule has 0 aliphatic heterocycles. The van der Waals surface area contributed by atoms with Gasteiger partial charge in [0, 0.05) is 5.54 Å². The molecule has 0 aliphatic carbocycles. The van der Waals surface area contributed by atoms with Crippen LogP contribution in [0.3, 0.4) is 0 Å². The van der Waals surface area contributed by atoms with E-state index in [-0.39, 0.29) is 5.54 Å². The molecular formula is C17H21NO. The average Bonchev–Trinajstić information content (AvgIpc) is 2.43. The fourth-order valence-corrected chi connectivity index (χ4v) is 2.53. The molecule has 0 heterocycles. The van der Waals surface area contributed by atoms with E-state index in [0.29, 0.717) is 5.75 Å². The van der Waals surface area contributed by atoms with Gasteiger partial charge in [0.15, 0.2) is 0 Å². The maximum Gasteiger partial charge on any atom is 0.115 e. The number of benzene rings is 2. The summed E-state index contributed by atoms with van der Waals surface area (Å²) in [6, 6.07) is 17.6. The molecule has 2 rings (SSSR count). The van der Waals surface area contributed by atoms with Crippen LogP contribution in [0.25, 0.3) is 0 Å². The van der Waals surface area contributed by atoms with Gasteiger partial charge in [-0.05, 0) is 36.1 Å². The Balaban J connectivity index is 2.27. The van der Waals surface area contributed by atoms with Crippen LogP contribution in [0.15, 0.2) is 54.6 Å². The zero-order valence-corrected chi connectivity index (χ0v) is 11.3. The van der Waals surface area contributed by atoms with Gasteiger partial charge in [0.2, 0.25) is 0 Å². The molecule has 0 amide bonds. The van der Waals surface area contributed by atoms with Crippen LogP contribution < -0.4 is 5.73 Å². The van der Waals surface area contributed by atoms with E-state index in [1.807, 2.05) is 30.3 Å². The molecule has 0 saturated heterocycles. The first-order chi connectivity index (χ1) is 9.14. The summed E-state index contributed by atoms with van der Waals surface area (Å²) in [5, 5.41) is 9.34. The quantitative estimate of drug-likeness (QED) is 0.857. The van der Waals surface area contributed by atoms with E-state index in [1.165, 1.54) is 5.56 Å². The normalized spacial score (nSPS) is 14.0. The molecule has 0 saturated carbocycles. The Kier molecular flexibility index (Phi) is 4.23. The summed E-state index contributed by atoms with van der Waals surface area (Å²) in [6.07, 6.45) is 2.77. The number of phenolic OH excluding ortho intramolecular Hbond substituents is 1. The second kappa shape index (κ2) is 5.89. The summed E-state index contributed by atoms with van der Waals surface area (Å²) >= 11 is 0. The zero-order chi connectivity index (χ0) is 13.7. The van der Waals surface area contributed by atoms with Crippen molar-refractivity contribution >= 4 is 0 Å². The second-order valence-electron chi connectivity index (χ2n) is 5.12. The molecule has 0 aliphatic rings. The van der Waals surface area contributed by atoms with E-state index in [9.17, 15) is 5.11 Å². The standard InChI is InChI=1S/C17H21NO/c1-2-12-17(18,15-6-4-3-5-7-15)13-14-8-10-16(19)11-9-14/h3-11,19H,2,12-13,18H2,1H3. The molecule has 0 fully saturated rings. The molecule has 0 aromatic heterocycles. The minimum Gasteiger partial charge on any atom is -0.508 e. The molecule has 100 valence electrons. The highest BCUT2D eigenvalue weighted by Gasteiger charge is 2.26. The fourth-order valence-electron chi connectivity index (χ4n) is 2.53. The van der Waals surface area contributed by atoms with Crippen molar-refractivity contribution in [1.82, 2.24) is 0 Å². The van der Waals surface area contributed by atoms with Crippen molar-refractivity contribution in [2.24, 2.45) is 5.73 Å². The van der Waals surface area contributed by atoms with Gasteiger partial charge in [-0.1, -0.05) is 55.8 Å². The summed E-state index contributed by atoms with van der Waals surface area (Å²) in [4.78, 5) is 0. The lowest BCUT2D eigenvalue weighted by Gasteiger charge is -2.30. The Morgan fingerprint density at radius 1 is 1.00 bits per heavy atom. The highest BCUT2D eigenvalue weighted by Crippen LogP contribution is 2.28. The van der Waals surface area contributed by atoms with Gasteiger partial charge in [-0.3, -0.25) is 0 Å². The molecule has 1 atom stereocenters. The van der Waals surface area contributed by atoms with Crippen molar-refractivity contribution in [3.05, 3.63) is 65.7 Å². The van der Waals surface area contributed by atoms with Crippen molar-refractivity contribution in [3.8, 4) is 5.75 Å². The third-order valence-corrected chi connectivity index (χ3v) is 3.50. The number of phenols is 1. The third-order valence-electron chi connectivity index (χ3n) is 3.50. The summed E-state index contributed by atoms with van der Waals surface area (Å²) in [7, 11) is 0. The van der Waals surface area contributed by atoms with Crippen molar-refractivity contribution < 1.29 is 5.11 Å². The maximum atomic E-state index is 9.34. The van der Waals surface area contributed by atoms with Crippen molar-refractivity contribution in [3.63, 3.8) is 0 Å². The molecule has 1 unspecified atom stereocenters. The molecule has 0 bridgehead atoms. The average molecular weight is 255 g/mol. The number of rotatable bonds is 5. The molecule has 3 N–H and O–H groups in total. The Hall–Kier alpha value is -1.80. The number of hydrogen-bond acceptors (Lipinski definition) is 2. The van der Waals surface area contributed by atoms with Crippen LogP contribution in [-0.2, 0) is 12.0 Å². The predicted octanol–water partition coefficient (Wildman–Crippen LogP) is 3.59. The van der Waals surface area contributed by atoms with Crippen LogP contribution in [0, 0.1) is 0 Å². The van der Waals surface area contributed by atoms with E-state index >= 15 is 0 Å². The predicted molar refractivity (Wildman–Crippen MR) is 79.0 cm³/mol. The molecule has 0 spiro atoms. The van der Waals surface area contributed by atoms with Gasteiger partial charge in [-0.15, -0.1) is 0 Å². The first-order valence-electron chi connectivity index (χ1n) is 6.76. The largest absolute Gasteiger partial charge is 0.508 e. The van der Waals surface area contributed by atoms with Crippen LogP contribution in [0.2, 0.25) is 0 Å². The topological polar surface area (TPSA) is 46.2 Å². The number of nitrogens with two attached hydrogens (primary N) is 1. The van der Waals surface area contributed by atoms with Gasteiger partial charge >= 0.3 is 0 Å². The van der Waals surface area contributed by atoms with E-state index in [4.69, 9.17) is 5.73 Å². The van der Waals surface area contributed by atoms with E-state index < -0.39 is 0 Å². The Morgan fingerprint density at radius 3 is 2.21 bits per heavy atom. The fraction of sp³-hybridized carbons (Fsp3) is 0.294. The lowest BCUT2D eigenvalue weighted by molar-refractivity contribution is 0.400. The highest BCUT2D eigenvalue weighted by molar-refractivity contribution is 5.31. The van der Waals surface area contributed by atoms with Gasteiger partial charge in [-0.25, -0.2) is 0 Å². The van der Waals surface area contributed by atoms with Gasteiger partial charge in [-0.2, -0.15) is 0 Å². The number of hydrogen-bond donors (Lipinski definition) is 2. The smallest absolute Gasteiger partial charge is 0.115 e. The summed E-state index contributed by atoms with van der Waals surface area (Å²) in [6.45, 7) is 2.15. The SMILES string of the molecule is CCCC(N)(Cc1ccc(O)cc1)c1ccccc1. The van der Waals surface area contributed by atoms with E-state index in [0.717, 1.165) is 24.8 Å². The van der Waals surface area contributed by atoms with Crippen LogP contribution >= 0.6 is 0 Å². The molecule has 0 radical (unpaired) electrons. The molecule has 2 heteroatoms. The zero-order valence-electron chi connectivity index (χ0n) is 11.3. The Morgan fingerprint density at radius 2 is 1.63 bits per heavy atom. The van der Waals surface area contributed by atoms with Gasteiger partial charge in [0.1, 0.15) is 5.75 Å². The highest BCUT2D eigenvalue weighted by atomic mass is 16.3. The molecule has 19 heavy (non-hydrogen) atoms. The molecule has 2 aromatic carbocycles. The monoisotopic (exact) mass is 255 g/mol. The van der Waals surface area contributed by atoms with E-state index in [1.54, 1.807) is 12.1 Å². The van der Waals surface area contributed by atoms with Crippen LogP contribution in [0.4, 0.5) is 0 Å². The molecule has 2 aromatic rings. The summed E-state index contributed by atoms with van der Waals surface area (Å²) in [5.41, 5.74) is 8.62. The number of aromatic hydroxyl groups is 1. The Bertz CT molecular complexity index is 507. The van der Waals surface area contributed by atoms with Crippen molar-refractivity contribution in [2.45, 2.75) is 31.7 Å². The van der Waals surface area contributed by atoms with Crippen LogP contribution in [0.5, 0.6) is 5.75 Å². The maximum absolute atomic E-state index is 9.34. The van der Waals surface area contributed by atoms with Crippen LogP contribution in [0.1, 0.15) is 30.9 Å². The minimum absolute atomic E-state index is 0.293. The van der Waals surface area contributed by atoms with Crippen LogP contribution in [-0.4, -0.2) is 5.11 Å². The van der Waals surface area contributed by atoms with Gasteiger partial charge < -0.3 is 10.8 Å². The first kappa shape index (κ1) is 13.6. The lowest BCUT2D eigenvalue weighted by Crippen LogP contribution is -2.38. The van der Waals surface area contributed by atoms with Crippen molar-refractivity contribution in [1.29, 1.82) is 0 Å². The first-order valence-corrected chi connectivity index (χ1v) is 6.76. The van der Waals surface area contributed by atoms with Crippen molar-refractivity contribution in [2.75, 3.05) is 0 Å². The van der Waals surface area contributed by atoms with Gasteiger partial charge in [0.05, 0.1) is 0 Å². The molecular weight excluding hydrogens is 234 g/mol. The second-order valence-corrected chi connectivity index (χ2v) is 5.12. The summed E-state index contributed by atoms with van der Waals surface area (Å²) in [5.74, 6) is 0.293. The Labute approximate surface area is 114 Å². The lowest BCUT2D eigenvalue weighted by atomic mass is 9.81. The summed E-state index contributed by atoms with van der Waals surface area (Å²) < 4.78 is 0. The molecule has 2 nitrogen and oxygen atoms in total. The van der Waals surface area contributed by atoms with Gasteiger partial charge in [0.25, 0.3) is 0 Å². The third kappa shape index (κ3) is 3.36. The minimum atomic E-state index is -0.340. The van der Waals surface area contributed by atoms with E-state index in [2.05, 4.69) is 19.1 Å².